The van der Waals surface area contributed by atoms with Gasteiger partial charge in [0.05, 0.1) is 0 Å². The first-order valence-corrected chi connectivity index (χ1v) is 7.88. The molecular weight excluding hydrogens is 359 g/mol. The third-order valence-electron chi connectivity index (χ3n) is 2.98. The molecule has 1 aliphatic carbocycles. The van der Waals surface area contributed by atoms with E-state index < -0.39 is 0 Å². The normalized spacial score (nSPS) is 15.4. The van der Waals surface area contributed by atoms with Crippen molar-refractivity contribution in [3.05, 3.63) is 0 Å². The zero-order valence-corrected chi connectivity index (χ0v) is 14.9. The van der Waals surface area contributed by atoms with Crippen molar-refractivity contribution in [1.82, 2.24) is 15.5 Å². The predicted octanol–water partition coefficient (Wildman–Crippen LogP) is 1.62. The molecule has 1 fully saturated rings. The SMILES string of the molecule is CCN(CCNC(=NC)NCCSC)C1CC1.I. The van der Waals surface area contributed by atoms with Gasteiger partial charge in [0.15, 0.2) is 5.96 Å². The zero-order chi connectivity index (χ0) is 12.5. The van der Waals surface area contributed by atoms with Gasteiger partial charge in [0.1, 0.15) is 0 Å². The van der Waals surface area contributed by atoms with Crippen LogP contribution in [0.2, 0.25) is 0 Å². The van der Waals surface area contributed by atoms with Gasteiger partial charge in [-0.1, -0.05) is 6.92 Å². The Morgan fingerprint density at radius 3 is 2.50 bits per heavy atom. The average Bonchev–Trinajstić information content (AvgIpc) is 3.17. The van der Waals surface area contributed by atoms with Crippen molar-refractivity contribution in [1.29, 1.82) is 0 Å². The molecule has 2 N–H and O–H groups in total. The maximum atomic E-state index is 4.21. The second-order valence-corrected chi connectivity index (χ2v) is 5.26. The molecule has 0 aromatic rings. The van der Waals surface area contributed by atoms with Gasteiger partial charge in [-0.25, -0.2) is 0 Å². The van der Waals surface area contributed by atoms with Crippen LogP contribution in [0.1, 0.15) is 19.8 Å². The molecule has 0 saturated heterocycles. The van der Waals surface area contributed by atoms with E-state index in [0.29, 0.717) is 0 Å². The van der Waals surface area contributed by atoms with Gasteiger partial charge in [0.25, 0.3) is 0 Å². The molecule has 108 valence electrons. The van der Waals surface area contributed by atoms with E-state index in [2.05, 4.69) is 33.7 Å². The number of likely N-dealkylation sites (N-methyl/N-ethyl adjacent to an activating group) is 1. The fourth-order valence-electron chi connectivity index (χ4n) is 1.85. The molecule has 0 aromatic heterocycles. The van der Waals surface area contributed by atoms with Crippen molar-refractivity contribution in [3.8, 4) is 0 Å². The molecule has 0 atom stereocenters. The summed E-state index contributed by atoms with van der Waals surface area (Å²) in [6, 6.07) is 0.855. The molecule has 0 aliphatic heterocycles. The first-order valence-electron chi connectivity index (χ1n) is 6.49. The number of aliphatic imine (C=N–C) groups is 1. The number of nitrogens with one attached hydrogen (secondary N) is 2. The first kappa shape index (κ1) is 18.3. The third kappa shape index (κ3) is 7.68. The Morgan fingerprint density at radius 1 is 1.33 bits per heavy atom. The summed E-state index contributed by atoms with van der Waals surface area (Å²) in [5.74, 6) is 2.04. The molecular formula is C12H27IN4S. The molecule has 1 saturated carbocycles. The molecule has 0 heterocycles. The van der Waals surface area contributed by atoms with Crippen LogP contribution in [0.25, 0.3) is 0 Å². The van der Waals surface area contributed by atoms with E-state index in [0.717, 1.165) is 43.9 Å². The topological polar surface area (TPSA) is 39.7 Å². The van der Waals surface area contributed by atoms with Crippen LogP contribution in [0, 0.1) is 0 Å². The summed E-state index contributed by atoms with van der Waals surface area (Å²) in [5, 5.41) is 6.67. The average molecular weight is 386 g/mol. The van der Waals surface area contributed by atoms with Gasteiger partial charge >= 0.3 is 0 Å². The number of hydrogen-bond donors (Lipinski definition) is 2. The number of guanidine groups is 1. The highest BCUT2D eigenvalue weighted by atomic mass is 127. The van der Waals surface area contributed by atoms with Crippen molar-refractivity contribution in [2.45, 2.75) is 25.8 Å². The maximum absolute atomic E-state index is 4.21. The summed E-state index contributed by atoms with van der Waals surface area (Å²) in [5.41, 5.74) is 0. The van der Waals surface area contributed by atoms with Crippen LogP contribution in [0.3, 0.4) is 0 Å². The van der Waals surface area contributed by atoms with Crippen LogP contribution >= 0.6 is 35.7 Å². The highest BCUT2D eigenvalue weighted by molar-refractivity contribution is 14.0. The number of hydrogen-bond acceptors (Lipinski definition) is 3. The van der Waals surface area contributed by atoms with E-state index in [1.54, 1.807) is 0 Å². The molecule has 18 heavy (non-hydrogen) atoms. The van der Waals surface area contributed by atoms with Gasteiger partial charge in [0.2, 0.25) is 0 Å². The van der Waals surface area contributed by atoms with E-state index in [-0.39, 0.29) is 24.0 Å². The third-order valence-corrected chi connectivity index (χ3v) is 3.60. The molecule has 0 radical (unpaired) electrons. The smallest absolute Gasteiger partial charge is 0.191 e. The number of thioether (sulfide) groups is 1. The molecule has 1 rings (SSSR count). The Labute approximate surface area is 133 Å². The largest absolute Gasteiger partial charge is 0.356 e. The van der Waals surface area contributed by atoms with Gasteiger partial charge in [-0.3, -0.25) is 9.89 Å². The fraction of sp³-hybridized carbons (Fsp3) is 0.917. The van der Waals surface area contributed by atoms with E-state index in [1.807, 2.05) is 18.8 Å². The molecule has 6 heteroatoms. The number of rotatable bonds is 8. The van der Waals surface area contributed by atoms with Crippen molar-refractivity contribution in [3.63, 3.8) is 0 Å². The summed E-state index contributed by atoms with van der Waals surface area (Å²) in [6.07, 6.45) is 4.88. The lowest BCUT2D eigenvalue weighted by Crippen LogP contribution is -2.42. The highest BCUT2D eigenvalue weighted by Gasteiger charge is 2.27. The second-order valence-electron chi connectivity index (χ2n) is 4.28. The summed E-state index contributed by atoms with van der Waals surface area (Å²) in [4.78, 5) is 6.75. The van der Waals surface area contributed by atoms with Crippen molar-refractivity contribution in [2.75, 3.05) is 45.2 Å². The molecule has 0 unspecified atom stereocenters. The van der Waals surface area contributed by atoms with Crippen LogP contribution in [-0.2, 0) is 0 Å². The van der Waals surface area contributed by atoms with Crippen molar-refractivity contribution < 1.29 is 0 Å². The van der Waals surface area contributed by atoms with Gasteiger partial charge in [-0.15, -0.1) is 24.0 Å². The van der Waals surface area contributed by atoms with Gasteiger partial charge < -0.3 is 10.6 Å². The zero-order valence-electron chi connectivity index (χ0n) is 11.7. The van der Waals surface area contributed by atoms with E-state index in [1.165, 1.54) is 12.8 Å². The van der Waals surface area contributed by atoms with Crippen molar-refractivity contribution in [2.24, 2.45) is 4.99 Å². The molecule has 4 nitrogen and oxygen atoms in total. The van der Waals surface area contributed by atoms with Crippen LogP contribution in [0.5, 0.6) is 0 Å². The van der Waals surface area contributed by atoms with Gasteiger partial charge in [-0.05, 0) is 25.6 Å². The van der Waals surface area contributed by atoms with Crippen LogP contribution < -0.4 is 10.6 Å². The van der Waals surface area contributed by atoms with Crippen LogP contribution in [0.15, 0.2) is 4.99 Å². The molecule has 1 aliphatic rings. The Balaban J connectivity index is 0.00000289. The Kier molecular flexibility index (Phi) is 11.4. The Bertz CT molecular complexity index is 234. The summed E-state index contributed by atoms with van der Waals surface area (Å²) in [7, 11) is 1.83. The minimum absolute atomic E-state index is 0. The standard InChI is InChI=1S/C12H26N4S.HI/c1-4-16(11-5-6-11)9-7-14-12(13-2)15-8-10-17-3;/h11H,4-10H2,1-3H3,(H2,13,14,15);1H. The minimum atomic E-state index is 0. The molecule has 0 bridgehead atoms. The number of halogens is 1. The first-order chi connectivity index (χ1) is 8.31. The van der Waals surface area contributed by atoms with E-state index >= 15 is 0 Å². The predicted molar refractivity (Wildman–Crippen MR) is 93.4 cm³/mol. The number of nitrogens with zero attached hydrogens (tertiary/aromatic N) is 2. The van der Waals surface area contributed by atoms with Crippen molar-refractivity contribution >= 4 is 41.7 Å². The summed E-state index contributed by atoms with van der Waals surface area (Å²) in [6.45, 7) is 6.46. The summed E-state index contributed by atoms with van der Waals surface area (Å²) < 4.78 is 0. The second kappa shape index (κ2) is 11.2. The van der Waals surface area contributed by atoms with Gasteiger partial charge in [-0.2, -0.15) is 11.8 Å². The molecule has 0 aromatic carbocycles. The quantitative estimate of drug-likeness (QED) is 0.288. The molecule has 0 spiro atoms. The van der Waals surface area contributed by atoms with Gasteiger partial charge in [0, 0.05) is 38.5 Å². The van der Waals surface area contributed by atoms with Crippen LogP contribution in [0.4, 0.5) is 0 Å². The lowest BCUT2D eigenvalue weighted by molar-refractivity contribution is 0.282. The maximum Gasteiger partial charge on any atom is 0.191 e. The highest BCUT2D eigenvalue weighted by Crippen LogP contribution is 2.25. The minimum Gasteiger partial charge on any atom is -0.356 e. The fourth-order valence-corrected chi connectivity index (χ4v) is 2.15. The van der Waals surface area contributed by atoms with E-state index in [9.17, 15) is 0 Å². The Morgan fingerprint density at radius 2 is 2.00 bits per heavy atom. The van der Waals surface area contributed by atoms with Crippen LogP contribution in [-0.4, -0.2) is 62.1 Å². The summed E-state index contributed by atoms with van der Waals surface area (Å²) >= 11 is 1.85. The monoisotopic (exact) mass is 386 g/mol. The van der Waals surface area contributed by atoms with E-state index in [4.69, 9.17) is 0 Å². The lowest BCUT2D eigenvalue weighted by atomic mass is 10.4. The Hall–Kier alpha value is 0.310. The lowest BCUT2D eigenvalue weighted by Gasteiger charge is -2.20. The molecule has 0 amide bonds.